The van der Waals surface area contributed by atoms with Crippen LogP contribution in [0.1, 0.15) is 6.42 Å². The van der Waals surface area contributed by atoms with Crippen LogP contribution in [0.5, 0.6) is 11.5 Å². The highest BCUT2D eigenvalue weighted by Crippen LogP contribution is 2.37. The van der Waals surface area contributed by atoms with Gasteiger partial charge in [0.2, 0.25) is 6.79 Å². The number of benzene rings is 1. The Labute approximate surface area is 127 Å². The Morgan fingerprint density at radius 1 is 1.14 bits per heavy atom. The molecular weight excluding hydrogens is 280 g/mol. The van der Waals surface area contributed by atoms with Crippen LogP contribution in [0.15, 0.2) is 36.7 Å². The third-order valence-electron chi connectivity index (χ3n) is 3.77. The van der Waals surface area contributed by atoms with Gasteiger partial charge >= 0.3 is 0 Å². The van der Waals surface area contributed by atoms with E-state index >= 15 is 0 Å². The molecule has 0 spiro atoms. The number of nitrogens with zero attached hydrogens (tertiary/aromatic N) is 3. The van der Waals surface area contributed by atoms with Crippen molar-refractivity contribution in [1.29, 1.82) is 0 Å². The molecule has 0 fully saturated rings. The molecule has 0 bridgehead atoms. The fraction of sp³-hybridized carbons (Fsp3) is 0.250. The Kier molecular flexibility index (Phi) is 3.16. The molecule has 112 valence electrons. The smallest absolute Gasteiger partial charge is 0.231 e. The lowest BCUT2D eigenvalue weighted by molar-refractivity contribution is 0.174. The van der Waals surface area contributed by atoms with Gasteiger partial charge in [-0.1, -0.05) is 0 Å². The molecule has 0 atom stereocenters. The molecule has 3 heterocycles. The highest BCUT2D eigenvalue weighted by atomic mass is 16.7. The normalized spacial score (nSPS) is 13.0. The highest BCUT2D eigenvalue weighted by molar-refractivity contribution is 5.84. The number of pyridine rings is 1. The number of hydrogen-bond donors (Lipinski definition) is 1. The van der Waals surface area contributed by atoms with E-state index in [1.54, 1.807) is 12.4 Å². The third kappa shape index (κ3) is 2.08. The van der Waals surface area contributed by atoms with Gasteiger partial charge in [-0.25, -0.2) is 4.98 Å². The molecule has 0 saturated heterocycles. The molecule has 0 aliphatic carbocycles. The molecule has 3 aromatic rings. The summed E-state index contributed by atoms with van der Waals surface area (Å²) in [6.07, 6.45) is 4.43. The maximum absolute atomic E-state index is 5.68. The third-order valence-corrected chi connectivity index (χ3v) is 3.77. The van der Waals surface area contributed by atoms with Crippen molar-refractivity contribution in [2.75, 3.05) is 13.3 Å². The second kappa shape index (κ2) is 5.31. The van der Waals surface area contributed by atoms with E-state index in [1.165, 1.54) is 0 Å². The Hall–Kier alpha value is -2.60. The first-order valence-corrected chi connectivity index (χ1v) is 7.27. The molecule has 0 amide bonds. The van der Waals surface area contributed by atoms with E-state index in [0.29, 0.717) is 6.54 Å². The number of imidazole rings is 1. The number of nitrogens with two attached hydrogens (primary N) is 1. The maximum atomic E-state index is 5.68. The van der Waals surface area contributed by atoms with Gasteiger partial charge in [0.1, 0.15) is 5.82 Å². The molecule has 2 aromatic heterocycles. The molecule has 4 rings (SSSR count). The Bertz CT molecular complexity index is 814. The van der Waals surface area contributed by atoms with E-state index < -0.39 is 0 Å². The minimum absolute atomic E-state index is 0.266. The van der Waals surface area contributed by atoms with Crippen molar-refractivity contribution in [3.63, 3.8) is 0 Å². The molecule has 1 aromatic carbocycles. The summed E-state index contributed by atoms with van der Waals surface area (Å²) in [6.45, 7) is 1.71. The van der Waals surface area contributed by atoms with E-state index in [9.17, 15) is 0 Å². The summed E-state index contributed by atoms with van der Waals surface area (Å²) in [4.78, 5) is 8.84. The Morgan fingerprint density at radius 2 is 1.91 bits per heavy atom. The van der Waals surface area contributed by atoms with Crippen LogP contribution in [-0.4, -0.2) is 27.9 Å². The molecule has 0 unspecified atom stereocenters. The average Bonchev–Trinajstić information content (AvgIpc) is 3.15. The van der Waals surface area contributed by atoms with Crippen molar-refractivity contribution in [1.82, 2.24) is 14.5 Å². The Morgan fingerprint density at radius 3 is 2.68 bits per heavy atom. The molecule has 6 nitrogen and oxygen atoms in total. The first-order chi connectivity index (χ1) is 10.9. The predicted octanol–water partition coefficient (Wildman–Crippen LogP) is 2.18. The van der Waals surface area contributed by atoms with E-state index in [1.807, 2.05) is 24.3 Å². The van der Waals surface area contributed by atoms with Crippen LogP contribution >= 0.6 is 0 Å². The number of fused-ring (bicyclic) bond motifs is 2. The summed E-state index contributed by atoms with van der Waals surface area (Å²) in [5.41, 5.74) is 8.64. The lowest BCUT2D eigenvalue weighted by Gasteiger charge is -2.08. The minimum Gasteiger partial charge on any atom is -0.454 e. The summed E-state index contributed by atoms with van der Waals surface area (Å²) in [5.74, 6) is 2.43. The van der Waals surface area contributed by atoms with Gasteiger partial charge < -0.3 is 19.8 Å². The van der Waals surface area contributed by atoms with Gasteiger partial charge in [-0.3, -0.25) is 4.98 Å². The minimum atomic E-state index is 0.266. The number of aryl methyl sites for hydroxylation is 1. The van der Waals surface area contributed by atoms with Gasteiger partial charge in [0.05, 0.1) is 11.0 Å². The zero-order chi connectivity index (χ0) is 14.9. The summed E-state index contributed by atoms with van der Waals surface area (Å²) in [7, 11) is 0. The van der Waals surface area contributed by atoms with Crippen LogP contribution in [0, 0.1) is 0 Å². The van der Waals surface area contributed by atoms with Gasteiger partial charge in [-0.2, -0.15) is 0 Å². The summed E-state index contributed by atoms with van der Waals surface area (Å²) in [6, 6.07) is 7.84. The van der Waals surface area contributed by atoms with Crippen molar-refractivity contribution in [2.24, 2.45) is 5.73 Å². The number of hydrogen-bond acceptors (Lipinski definition) is 5. The molecule has 2 N–H and O–H groups in total. The van der Waals surface area contributed by atoms with Crippen molar-refractivity contribution in [2.45, 2.75) is 13.0 Å². The number of ether oxygens (including phenoxy) is 2. The molecular formula is C16H16N4O2. The Balaban J connectivity index is 1.91. The molecule has 0 radical (unpaired) electrons. The van der Waals surface area contributed by atoms with E-state index in [4.69, 9.17) is 20.2 Å². The van der Waals surface area contributed by atoms with Crippen LogP contribution in [0.25, 0.3) is 22.4 Å². The van der Waals surface area contributed by atoms with E-state index in [-0.39, 0.29) is 6.79 Å². The standard InChI is InChI=1S/C16H16N4O2/c17-4-1-7-20-13-9-15-14(21-10-22-15)8-12(13)19-16(20)11-2-5-18-6-3-11/h2-3,5-6,8-9H,1,4,7,10,17H2. The van der Waals surface area contributed by atoms with Gasteiger partial charge in [-0.05, 0) is 25.1 Å². The summed E-state index contributed by atoms with van der Waals surface area (Å²) >= 11 is 0. The summed E-state index contributed by atoms with van der Waals surface area (Å²) in [5, 5.41) is 0. The summed E-state index contributed by atoms with van der Waals surface area (Å²) < 4.78 is 13.1. The molecule has 22 heavy (non-hydrogen) atoms. The fourth-order valence-corrected chi connectivity index (χ4v) is 2.71. The second-order valence-electron chi connectivity index (χ2n) is 5.16. The van der Waals surface area contributed by atoms with Gasteiger partial charge in [-0.15, -0.1) is 0 Å². The van der Waals surface area contributed by atoms with Crippen molar-refractivity contribution < 1.29 is 9.47 Å². The van der Waals surface area contributed by atoms with E-state index in [2.05, 4.69) is 9.55 Å². The van der Waals surface area contributed by atoms with Crippen molar-refractivity contribution >= 4 is 11.0 Å². The zero-order valence-corrected chi connectivity index (χ0v) is 12.0. The van der Waals surface area contributed by atoms with Gasteiger partial charge in [0.25, 0.3) is 0 Å². The fourth-order valence-electron chi connectivity index (χ4n) is 2.71. The first kappa shape index (κ1) is 13.1. The first-order valence-electron chi connectivity index (χ1n) is 7.27. The molecule has 6 heteroatoms. The van der Waals surface area contributed by atoms with Crippen LogP contribution in [0.3, 0.4) is 0 Å². The molecule has 0 saturated carbocycles. The monoisotopic (exact) mass is 296 g/mol. The topological polar surface area (TPSA) is 75.2 Å². The predicted molar refractivity (Wildman–Crippen MR) is 82.8 cm³/mol. The van der Waals surface area contributed by atoms with Crippen LogP contribution in [0.2, 0.25) is 0 Å². The SMILES string of the molecule is NCCCn1c(-c2ccncc2)nc2cc3c(cc21)OCO3. The second-order valence-corrected chi connectivity index (χ2v) is 5.16. The van der Waals surface area contributed by atoms with Crippen molar-refractivity contribution in [3.05, 3.63) is 36.7 Å². The molecule has 1 aliphatic heterocycles. The zero-order valence-electron chi connectivity index (χ0n) is 12.0. The maximum Gasteiger partial charge on any atom is 0.231 e. The largest absolute Gasteiger partial charge is 0.454 e. The quantitative estimate of drug-likeness (QED) is 0.798. The van der Waals surface area contributed by atoms with E-state index in [0.717, 1.165) is 46.9 Å². The lowest BCUT2D eigenvalue weighted by Crippen LogP contribution is -2.07. The van der Waals surface area contributed by atoms with Crippen LogP contribution in [-0.2, 0) is 6.54 Å². The van der Waals surface area contributed by atoms with Crippen molar-refractivity contribution in [3.8, 4) is 22.9 Å². The number of aromatic nitrogens is 3. The highest BCUT2D eigenvalue weighted by Gasteiger charge is 2.19. The van der Waals surface area contributed by atoms with Crippen LogP contribution in [0.4, 0.5) is 0 Å². The average molecular weight is 296 g/mol. The van der Waals surface area contributed by atoms with Gasteiger partial charge in [0.15, 0.2) is 11.5 Å². The van der Waals surface area contributed by atoms with Crippen LogP contribution < -0.4 is 15.2 Å². The van der Waals surface area contributed by atoms with Gasteiger partial charge in [0, 0.05) is 36.6 Å². The lowest BCUT2D eigenvalue weighted by atomic mass is 10.2. The number of rotatable bonds is 4. The molecule has 1 aliphatic rings.